The smallest absolute Gasteiger partial charge is 0.222 e. The normalized spacial score (nSPS) is 10.6. The minimum atomic E-state index is -0.111. The quantitative estimate of drug-likeness (QED) is 0.525. The molecule has 0 unspecified atom stereocenters. The van der Waals surface area contributed by atoms with Gasteiger partial charge in [-0.1, -0.05) is 13.8 Å². The van der Waals surface area contributed by atoms with Crippen molar-refractivity contribution in [2.75, 3.05) is 13.1 Å². The second-order valence-corrected chi connectivity index (χ2v) is 5.73. The lowest BCUT2D eigenvalue weighted by atomic mass is 10.2. The lowest BCUT2D eigenvalue weighted by molar-refractivity contribution is -0.126. The fourth-order valence-electron chi connectivity index (χ4n) is 1.60. The molecule has 0 aromatic rings. The summed E-state index contributed by atoms with van der Waals surface area (Å²) in [5.41, 5.74) is 0. The van der Waals surface area contributed by atoms with Crippen LogP contribution in [0.25, 0.3) is 0 Å². The molecule has 0 saturated heterocycles. The highest BCUT2D eigenvalue weighted by Gasteiger charge is 2.07. The van der Waals surface area contributed by atoms with Crippen LogP contribution in [0.3, 0.4) is 0 Å². The van der Waals surface area contributed by atoms with Crippen LogP contribution < -0.4 is 16.0 Å². The zero-order valence-corrected chi connectivity index (χ0v) is 13.6. The van der Waals surface area contributed by atoms with Gasteiger partial charge < -0.3 is 16.0 Å². The van der Waals surface area contributed by atoms with Crippen LogP contribution in [0, 0.1) is 5.92 Å². The molecule has 0 atom stereocenters. The Kier molecular flexibility index (Phi) is 10.3. The number of unbranched alkanes of at least 4 members (excludes halogenated alkanes) is 1. The van der Waals surface area contributed by atoms with E-state index in [-0.39, 0.29) is 42.5 Å². The summed E-state index contributed by atoms with van der Waals surface area (Å²) in [4.78, 5) is 34.2. The van der Waals surface area contributed by atoms with Gasteiger partial charge in [0.25, 0.3) is 0 Å². The van der Waals surface area contributed by atoms with E-state index in [1.807, 2.05) is 27.7 Å². The number of hydrogen-bond donors (Lipinski definition) is 3. The summed E-state index contributed by atoms with van der Waals surface area (Å²) < 4.78 is 0. The van der Waals surface area contributed by atoms with E-state index in [1.54, 1.807) is 0 Å². The van der Waals surface area contributed by atoms with Gasteiger partial charge in [-0.05, 0) is 26.7 Å². The number of carbonyl (C=O) groups excluding carboxylic acids is 3. The summed E-state index contributed by atoms with van der Waals surface area (Å²) in [7, 11) is 0. The minimum absolute atomic E-state index is 0.00156. The molecule has 0 aromatic heterocycles. The van der Waals surface area contributed by atoms with Crippen LogP contribution in [0.1, 0.15) is 53.4 Å². The van der Waals surface area contributed by atoms with Crippen LogP contribution in [-0.4, -0.2) is 36.9 Å². The van der Waals surface area contributed by atoms with Crippen molar-refractivity contribution in [1.82, 2.24) is 16.0 Å². The number of nitrogens with one attached hydrogen (secondary N) is 3. The average molecular weight is 299 g/mol. The van der Waals surface area contributed by atoms with E-state index >= 15 is 0 Å². The van der Waals surface area contributed by atoms with Crippen molar-refractivity contribution in [2.24, 2.45) is 5.92 Å². The van der Waals surface area contributed by atoms with Crippen LogP contribution in [0.4, 0.5) is 0 Å². The number of amides is 3. The van der Waals surface area contributed by atoms with E-state index in [2.05, 4.69) is 16.0 Å². The Morgan fingerprint density at radius 1 is 0.810 bits per heavy atom. The Morgan fingerprint density at radius 3 is 1.86 bits per heavy atom. The maximum Gasteiger partial charge on any atom is 0.222 e. The lowest BCUT2D eigenvalue weighted by Gasteiger charge is -2.09. The summed E-state index contributed by atoms with van der Waals surface area (Å²) >= 11 is 0. The highest BCUT2D eigenvalue weighted by Crippen LogP contribution is 1.93. The van der Waals surface area contributed by atoms with Gasteiger partial charge in [0, 0.05) is 37.9 Å². The molecule has 21 heavy (non-hydrogen) atoms. The molecule has 0 heterocycles. The first kappa shape index (κ1) is 19.4. The van der Waals surface area contributed by atoms with Crippen LogP contribution >= 0.6 is 0 Å². The van der Waals surface area contributed by atoms with Crippen molar-refractivity contribution in [3.8, 4) is 0 Å². The fraction of sp³-hybridized carbons (Fsp3) is 0.800. The molecule has 0 radical (unpaired) electrons. The molecule has 6 nitrogen and oxygen atoms in total. The van der Waals surface area contributed by atoms with Gasteiger partial charge in [0.1, 0.15) is 0 Å². The summed E-state index contributed by atoms with van der Waals surface area (Å²) in [6.45, 7) is 8.67. The van der Waals surface area contributed by atoms with E-state index < -0.39 is 0 Å². The van der Waals surface area contributed by atoms with Gasteiger partial charge in [0.05, 0.1) is 0 Å². The van der Waals surface area contributed by atoms with Crippen molar-refractivity contribution in [2.45, 2.75) is 59.4 Å². The predicted octanol–water partition coefficient (Wildman–Crippen LogP) is 0.960. The van der Waals surface area contributed by atoms with Crippen LogP contribution in [-0.2, 0) is 14.4 Å². The van der Waals surface area contributed by atoms with Gasteiger partial charge in [-0.25, -0.2) is 0 Å². The van der Waals surface area contributed by atoms with Gasteiger partial charge in [-0.15, -0.1) is 0 Å². The molecule has 0 aliphatic heterocycles. The molecule has 122 valence electrons. The van der Waals surface area contributed by atoms with Crippen molar-refractivity contribution in [1.29, 1.82) is 0 Å². The zero-order valence-electron chi connectivity index (χ0n) is 13.6. The summed E-state index contributed by atoms with van der Waals surface area (Å²) in [5.74, 6) is -0.159. The largest absolute Gasteiger partial charge is 0.356 e. The van der Waals surface area contributed by atoms with Crippen LogP contribution in [0.15, 0.2) is 0 Å². The first-order valence-electron chi connectivity index (χ1n) is 7.66. The molecule has 6 heteroatoms. The molecule has 0 fully saturated rings. The van der Waals surface area contributed by atoms with Crippen molar-refractivity contribution < 1.29 is 14.4 Å². The third-order valence-electron chi connectivity index (χ3n) is 2.78. The highest BCUT2D eigenvalue weighted by molar-refractivity contribution is 5.83. The minimum Gasteiger partial charge on any atom is -0.356 e. The molecule has 0 aromatic carbocycles. The summed E-state index contributed by atoms with van der Waals surface area (Å²) in [6.07, 6.45) is 2.06. The van der Waals surface area contributed by atoms with Gasteiger partial charge >= 0.3 is 0 Å². The van der Waals surface area contributed by atoms with E-state index in [0.717, 1.165) is 12.8 Å². The molecule has 0 aliphatic rings. The van der Waals surface area contributed by atoms with Crippen molar-refractivity contribution in [3.63, 3.8) is 0 Å². The SMILES string of the molecule is CC(C)NC(=O)CCC(=O)NCCCCNC(=O)C(C)C. The molecule has 3 amide bonds. The second kappa shape index (κ2) is 11.1. The molecular formula is C15H29N3O3. The summed E-state index contributed by atoms with van der Waals surface area (Å²) in [6, 6.07) is 0.0987. The Labute approximate surface area is 127 Å². The van der Waals surface area contributed by atoms with E-state index in [1.165, 1.54) is 0 Å². The fourth-order valence-corrected chi connectivity index (χ4v) is 1.60. The van der Waals surface area contributed by atoms with E-state index in [9.17, 15) is 14.4 Å². The number of carbonyl (C=O) groups is 3. The maximum atomic E-state index is 11.5. The first-order valence-corrected chi connectivity index (χ1v) is 7.66. The van der Waals surface area contributed by atoms with Crippen molar-refractivity contribution >= 4 is 17.7 Å². The maximum absolute atomic E-state index is 11.5. The lowest BCUT2D eigenvalue weighted by Crippen LogP contribution is -2.32. The van der Waals surface area contributed by atoms with Crippen molar-refractivity contribution in [3.05, 3.63) is 0 Å². The Morgan fingerprint density at radius 2 is 1.33 bits per heavy atom. The first-order chi connectivity index (χ1) is 9.82. The van der Waals surface area contributed by atoms with Gasteiger partial charge in [-0.3, -0.25) is 14.4 Å². The Balaban J connectivity index is 3.50. The Hall–Kier alpha value is -1.59. The monoisotopic (exact) mass is 299 g/mol. The molecule has 0 spiro atoms. The number of hydrogen-bond acceptors (Lipinski definition) is 3. The molecule has 0 aliphatic carbocycles. The highest BCUT2D eigenvalue weighted by atomic mass is 16.2. The third kappa shape index (κ3) is 11.9. The van der Waals surface area contributed by atoms with Gasteiger partial charge in [0.2, 0.25) is 17.7 Å². The molecule has 0 bridgehead atoms. The van der Waals surface area contributed by atoms with E-state index in [0.29, 0.717) is 13.1 Å². The predicted molar refractivity (Wildman–Crippen MR) is 82.6 cm³/mol. The zero-order chi connectivity index (χ0) is 16.3. The van der Waals surface area contributed by atoms with E-state index in [4.69, 9.17) is 0 Å². The second-order valence-electron chi connectivity index (χ2n) is 5.73. The molecule has 0 saturated carbocycles. The Bertz CT molecular complexity index is 341. The molecule has 3 N–H and O–H groups in total. The van der Waals surface area contributed by atoms with Crippen LogP contribution in [0.5, 0.6) is 0 Å². The summed E-state index contributed by atoms with van der Waals surface area (Å²) in [5, 5.41) is 8.34. The van der Waals surface area contributed by atoms with Gasteiger partial charge in [0.15, 0.2) is 0 Å². The number of rotatable bonds is 10. The topological polar surface area (TPSA) is 87.3 Å². The molecular weight excluding hydrogens is 270 g/mol. The standard InChI is InChI=1S/C15H29N3O3/c1-11(2)15(21)17-10-6-5-9-16-13(19)7-8-14(20)18-12(3)4/h11-12H,5-10H2,1-4H3,(H,16,19)(H,17,21)(H,18,20). The molecule has 0 rings (SSSR count). The third-order valence-corrected chi connectivity index (χ3v) is 2.78. The van der Waals surface area contributed by atoms with Gasteiger partial charge in [-0.2, -0.15) is 0 Å². The van der Waals surface area contributed by atoms with Crippen LogP contribution in [0.2, 0.25) is 0 Å². The average Bonchev–Trinajstić information content (AvgIpc) is 2.39.